The lowest BCUT2D eigenvalue weighted by Crippen LogP contribution is -2.44. The van der Waals surface area contributed by atoms with Crippen LogP contribution in [-0.2, 0) is 0 Å². The summed E-state index contributed by atoms with van der Waals surface area (Å²) in [5.41, 5.74) is 1.22. The number of ether oxygens (including phenoxy) is 1. The van der Waals surface area contributed by atoms with E-state index < -0.39 is 17.5 Å². The first kappa shape index (κ1) is 20.3. The average molecular weight is 437 g/mol. The maximum atomic E-state index is 14.4. The van der Waals surface area contributed by atoms with E-state index in [9.17, 15) is 13.6 Å². The summed E-state index contributed by atoms with van der Waals surface area (Å²) in [5, 5.41) is 6.20. The number of anilines is 2. The number of methoxy groups -OCH3 is 1. The molecule has 2 fully saturated rings. The maximum Gasteiger partial charge on any atom is 0.274 e. The molecule has 2 atom stereocenters. The summed E-state index contributed by atoms with van der Waals surface area (Å²) in [4.78, 5) is 23.5. The molecule has 2 aromatic carbocycles. The van der Waals surface area contributed by atoms with Crippen LogP contribution in [0.25, 0.3) is 11.4 Å². The quantitative estimate of drug-likeness (QED) is 0.638. The summed E-state index contributed by atoms with van der Waals surface area (Å²) in [7, 11) is 1.42. The van der Waals surface area contributed by atoms with Gasteiger partial charge in [-0.3, -0.25) is 4.79 Å². The van der Waals surface area contributed by atoms with Crippen LogP contribution in [0.1, 0.15) is 16.9 Å². The zero-order valence-electron chi connectivity index (χ0n) is 17.3. The number of hydrogen-bond donors (Lipinski definition) is 2. The van der Waals surface area contributed by atoms with Crippen LogP contribution >= 0.6 is 0 Å². The molecule has 2 bridgehead atoms. The van der Waals surface area contributed by atoms with Crippen LogP contribution in [-0.4, -0.2) is 48.2 Å². The molecule has 2 aliphatic rings. The molecule has 0 unspecified atom stereocenters. The zero-order chi connectivity index (χ0) is 22.2. The molecule has 3 aromatic rings. The zero-order valence-corrected chi connectivity index (χ0v) is 17.3. The first-order valence-corrected chi connectivity index (χ1v) is 10.3. The van der Waals surface area contributed by atoms with E-state index in [0.717, 1.165) is 25.2 Å². The Bertz CT molecular complexity index is 1190. The fourth-order valence-electron chi connectivity index (χ4n) is 4.40. The normalized spacial score (nSPS) is 19.3. The minimum Gasteiger partial charge on any atom is -0.496 e. The Labute approximate surface area is 183 Å². The van der Waals surface area contributed by atoms with E-state index in [4.69, 9.17) is 4.74 Å². The van der Waals surface area contributed by atoms with Gasteiger partial charge in [0.05, 0.1) is 24.0 Å². The van der Waals surface area contributed by atoms with Gasteiger partial charge in [0.25, 0.3) is 5.91 Å². The highest BCUT2D eigenvalue weighted by molar-refractivity contribution is 6.05. The number of amides is 1. The van der Waals surface area contributed by atoms with Crippen molar-refractivity contribution in [2.24, 2.45) is 0 Å². The Morgan fingerprint density at radius 3 is 2.88 bits per heavy atom. The van der Waals surface area contributed by atoms with Crippen LogP contribution in [0.4, 0.5) is 20.2 Å². The summed E-state index contributed by atoms with van der Waals surface area (Å²) >= 11 is 0. The second-order valence-corrected chi connectivity index (χ2v) is 7.85. The minimum atomic E-state index is -0.563. The van der Waals surface area contributed by atoms with Gasteiger partial charge in [-0.05, 0) is 42.8 Å². The van der Waals surface area contributed by atoms with Gasteiger partial charge in [0.1, 0.15) is 23.1 Å². The molecule has 2 N–H and O–H groups in total. The molecule has 0 aliphatic carbocycles. The van der Waals surface area contributed by atoms with Gasteiger partial charge in [0, 0.05) is 31.4 Å². The van der Waals surface area contributed by atoms with E-state index in [2.05, 4.69) is 25.5 Å². The highest BCUT2D eigenvalue weighted by Gasteiger charge is 2.38. The van der Waals surface area contributed by atoms with Crippen molar-refractivity contribution >= 4 is 17.3 Å². The molecular weight excluding hydrogens is 416 g/mol. The Morgan fingerprint density at radius 1 is 1.25 bits per heavy atom. The average Bonchev–Trinajstić information content (AvgIpc) is 3.43. The summed E-state index contributed by atoms with van der Waals surface area (Å²) in [6.45, 7) is 1.65. The number of nitrogens with zero attached hydrogens (tertiary/aromatic N) is 3. The van der Waals surface area contributed by atoms with Gasteiger partial charge in [0.15, 0.2) is 5.82 Å². The Kier molecular flexibility index (Phi) is 5.18. The largest absolute Gasteiger partial charge is 0.496 e. The molecule has 0 spiro atoms. The van der Waals surface area contributed by atoms with Gasteiger partial charge in [-0.1, -0.05) is 6.07 Å². The van der Waals surface area contributed by atoms with E-state index >= 15 is 0 Å². The number of piperazine rings is 1. The second kappa shape index (κ2) is 8.16. The molecule has 1 aromatic heterocycles. The smallest absolute Gasteiger partial charge is 0.274 e. The van der Waals surface area contributed by atoms with E-state index in [-0.39, 0.29) is 22.8 Å². The second-order valence-electron chi connectivity index (χ2n) is 7.85. The Morgan fingerprint density at radius 2 is 2.12 bits per heavy atom. The fourth-order valence-corrected chi connectivity index (χ4v) is 4.40. The predicted molar refractivity (Wildman–Crippen MR) is 116 cm³/mol. The Hall–Kier alpha value is -3.59. The van der Waals surface area contributed by atoms with Crippen LogP contribution in [0.5, 0.6) is 5.75 Å². The van der Waals surface area contributed by atoms with Crippen LogP contribution < -0.4 is 20.3 Å². The third kappa shape index (κ3) is 3.64. The lowest BCUT2D eigenvalue weighted by atomic mass is 10.1. The summed E-state index contributed by atoms with van der Waals surface area (Å²) < 4.78 is 33.7. The first-order valence-electron chi connectivity index (χ1n) is 10.3. The molecule has 1 amide bonds. The number of fused-ring (bicyclic) bond motifs is 2. The molecule has 0 saturated carbocycles. The first-order chi connectivity index (χ1) is 15.5. The van der Waals surface area contributed by atoms with Crippen molar-refractivity contribution in [3.63, 3.8) is 0 Å². The van der Waals surface area contributed by atoms with Crippen molar-refractivity contribution in [3.05, 3.63) is 66.0 Å². The van der Waals surface area contributed by atoms with Crippen LogP contribution in [0.3, 0.4) is 0 Å². The monoisotopic (exact) mass is 437 g/mol. The number of benzene rings is 2. The topological polar surface area (TPSA) is 79.4 Å². The van der Waals surface area contributed by atoms with Crippen molar-refractivity contribution in [1.29, 1.82) is 0 Å². The number of carbonyl (C=O) groups is 1. The molecule has 7 nitrogen and oxygen atoms in total. The molecule has 0 radical (unpaired) electrons. The van der Waals surface area contributed by atoms with Crippen molar-refractivity contribution < 1.29 is 18.3 Å². The lowest BCUT2D eigenvalue weighted by Gasteiger charge is -2.31. The van der Waals surface area contributed by atoms with E-state index in [1.165, 1.54) is 43.6 Å². The number of hydrogen-bond acceptors (Lipinski definition) is 6. The van der Waals surface area contributed by atoms with Gasteiger partial charge in [-0.15, -0.1) is 0 Å². The van der Waals surface area contributed by atoms with Gasteiger partial charge >= 0.3 is 0 Å². The number of halogens is 2. The highest BCUT2D eigenvalue weighted by atomic mass is 19.1. The standard InChI is InChI=1S/C23H21F2N5O2/c1-32-20-4-2-3-16(25)21(20)22-26-8-7-17(28-22)23(31)29-18-9-13(24)5-6-19(18)30-12-14-10-15(30)11-27-14/h2-9,14-15,27H,10-12H2,1H3,(H,29,31)/t14-,15-/m1/s1. The maximum absolute atomic E-state index is 14.4. The number of rotatable bonds is 5. The van der Waals surface area contributed by atoms with Crippen molar-refractivity contribution in [2.45, 2.75) is 18.5 Å². The third-order valence-electron chi connectivity index (χ3n) is 5.88. The lowest BCUT2D eigenvalue weighted by molar-refractivity contribution is 0.102. The highest BCUT2D eigenvalue weighted by Crippen LogP contribution is 2.35. The molecule has 2 aliphatic heterocycles. The molecule has 9 heteroatoms. The fraction of sp³-hybridized carbons (Fsp3) is 0.261. The van der Waals surface area contributed by atoms with Crippen LogP contribution in [0.2, 0.25) is 0 Å². The van der Waals surface area contributed by atoms with Crippen molar-refractivity contribution in [3.8, 4) is 17.1 Å². The summed E-state index contributed by atoms with van der Waals surface area (Å²) in [6, 6.07) is 10.9. The molecule has 5 rings (SSSR count). The molecule has 32 heavy (non-hydrogen) atoms. The Balaban J connectivity index is 1.45. The number of aromatic nitrogens is 2. The third-order valence-corrected chi connectivity index (χ3v) is 5.88. The minimum absolute atomic E-state index is 0.0231. The number of nitrogens with one attached hydrogen (secondary N) is 2. The van der Waals surface area contributed by atoms with Gasteiger partial charge < -0.3 is 20.3 Å². The predicted octanol–water partition coefficient (Wildman–Crippen LogP) is 3.23. The van der Waals surface area contributed by atoms with E-state index in [1.807, 2.05) is 0 Å². The van der Waals surface area contributed by atoms with Crippen LogP contribution in [0, 0.1) is 11.6 Å². The van der Waals surface area contributed by atoms with E-state index in [1.54, 1.807) is 12.1 Å². The number of carbonyl (C=O) groups excluding carboxylic acids is 1. The van der Waals surface area contributed by atoms with Gasteiger partial charge in [-0.25, -0.2) is 18.7 Å². The summed E-state index contributed by atoms with van der Waals surface area (Å²) in [6.07, 6.45) is 2.39. The van der Waals surface area contributed by atoms with Crippen LogP contribution in [0.15, 0.2) is 48.7 Å². The molecule has 3 heterocycles. The SMILES string of the molecule is COc1cccc(F)c1-c1nccc(C(=O)Nc2cc(F)ccc2N2C[C@H]3C[C@@H]2CN3)n1. The molecule has 164 valence electrons. The van der Waals surface area contributed by atoms with Crippen molar-refractivity contribution in [1.82, 2.24) is 15.3 Å². The molecule has 2 saturated heterocycles. The van der Waals surface area contributed by atoms with Gasteiger partial charge in [-0.2, -0.15) is 0 Å². The van der Waals surface area contributed by atoms with Crippen molar-refractivity contribution in [2.75, 3.05) is 30.4 Å². The summed E-state index contributed by atoms with van der Waals surface area (Å²) in [5.74, 6) is -1.28. The van der Waals surface area contributed by atoms with E-state index in [0.29, 0.717) is 17.8 Å². The molecular formula is C23H21F2N5O2. The van der Waals surface area contributed by atoms with Gasteiger partial charge in [0.2, 0.25) is 0 Å².